The smallest absolute Gasteiger partial charge is 0.269 e. The molecule has 0 aliphatic carbocycles. The molecule has 0 fully saturated rings. The number of non-ortho nitro benzene ring substituents is 1. The third kappa shape index (κ3) is 5.42. The van der Waals surface area contributed by atoms with Gasteiger partial charge in [-0.3, -0.25) is 10.1 Å². The maximum atomic E-state index is 12.3. The highest BCUT2D eigenvalue weighted by atomic mass is 35.5. The van der Waals surface area contributed by atoms with Gasteiger partial charge in [-0.2, -0.15) is 0 Å². The maximum absolute atomic E-state index is 12.3. The Balaban J connectivity index is 1.92. The molecule has 25 heavy (non-hydrogen) atoms. The average molecular weight is 385 g/mol. The molecule has 0 N–H and O–H groups in total. The van der Waals surface area contributed by atoms with Crippen LogP contribution in [0, 0.1) is 10.1 Å². The van der Waals surface area contributed by atoms with Crippen molar-refractivity contribution in [3.63, 3.8) is 0 Å². The zero-order valence-electron chi connectivity index (χ0n) is 13.5. The van der Waals surface area contributed by atoms with E-state index in [9.17, 15) is 18.5 Å². The Hall–Kier alpha value is -2.16. The monoisotopic (exact) mass is 384 g/mol. The van der Waals surface area contributed by atoms with Crippen molar-refractivity contribution in [3.8, 4) is 5.75 Å². The summed E-state index contributed by atoms with van der Waals surface area (Å²) < 4.78 is 31.3. The van der Waals surface area contributed by atoms with Gasteiger partial charge in [0.05, 0.1) is 15.7 Å². The molecule has 2 aromatic carbocycles. The Bertz CT molecular complexity index is 840. The van der Waals surface area contributed by atoms with Gasteiger partial charge in [-0.05, 0) is 17.7 Å². The van der Waals surface area contributed by atoms with E-state index in [2.05, 4.69) is 0 Å². The third-order valence-electron chi connectivity index (χ3n) is 3.47. The second-order valence-electron chi connectivity index (χ2n) is 5.28. The second kappa shape index (κ2) is 8.28. The second-order valence-corrected chi connectivity index (χ2v) is 7.76. The Morgan fingerprint density at radius 1 is 1.16 bits per heavy atom. The molecule has 7 nitrogen and oxygen atoms in total. The van der Waals surface area contributed by atoms with Crippen molar-refractivity contribution in [2.24, 2.45) is 0 Å². The van der Waals surface area contributed by atoms with Crippen molar-refractivity contribution in [2.75, 3.05) is 20.2 Å². The quantitative estimate of drug-likeness (QED) is 0.515. The van der Waals surface area contributed by atoms with Crippen molar-refractivity contribution in [3.05, 3.63) is 69.2 Å². The molecule has 0 saturated heterocycles. The van der Waals surface area contributed by atoms with Crippen LogP contribution in [0.1, 0.15) is 5.56 Å². The maximum Gasteiger partial charge on any atom is 0.269 e. The lowest BCUT2D eigenvalue weighted by molar-refractivity contribution is -0.384. The fourth-order valence-electron chi connectivity index (χ4n) is 2.02. The van der Waals surface area contributed by atoms with Crippen LogP contribution in [-0.2, 0) is 15.8 Å². The zero-order chi connectivity index (χ0) is 18.4. The largest absolute Gasteiger partial charge is 0.491 e. The molecular formula is C16H17ClN2O5S. The summed E-state index contributed by atoms with van der Waals surface area (Å²) in [6, 6.07) is 12.4. The molecule has 0 aliphatic heterocycles. The summed E-state index contributed by atoms with van der Waals surface area (Å²) in [5.41, 5.74) is 0.395. The van der Waals surface area contributed by atoms with Crippen molar-refractivity contribution in [1.29, 1.82) is 0 Å². The first-order valence-electron chi connectivity index (χ1n) is 7.34. The molecule has 0 atom stereocenters. The van der Waals surface area contributed by atoms with Crippen molar-refractivity contribution >= 4 is 27.3 Å². The van der Waals surface area contributed by atoms with E-state index < -0.39 is 14.9 Å². The average Bonchev–Trinajstić information content (AvgIpc) is 2.56. The number of para-hydroxylation sites is 1. The fraction of sp³-hybridized carbons (Fsp3) is 0.250. The number of nitrogens with zero attached hydrogens (tertiary/aromatic N) is 2. The Labute approximate surface area is 151 Å². The van der Waals surface area contributed by atoms with Crippen LogP contribution >= 0.6 is 11.6 Å². The molecule has 2 rings (SSSR count). The van der Waals surface area contributed by atoms with Crippen molar-refractivity contribution in [1.82, 2.24) is 4.31 Å². The standard InChI is InChI=1S/C16H17ClN2O5S/c1-18(10-11-24-16-5-3-2-4-15(16)17)25(22,23)12-13-6-8-14(9-7-13)19(20)21/h2-9H,10-12H2,1H3. The van der Waals surface area contributed by atoms with Gasteiger partial charge in [0, 0.05) is 25.7 Å². The van der Waals surface area contributed by atoms with Gasteiger partial charge in [0.25, 0.3) is 5.69 Å². The van der Waals surface area contributed by atoms with Gasteiger partial charge in [-0.25, -0.2) is 12.7 Å². The van der Waals surface area contributed by atoms with E-state index in [1.165, 1.54) is 35.6 Å². The van der Waals surface area contributed by atoms with Crippen LogP contribution < -0.4 is 4.74 Å². The minimum absolute atomic E-state index is 0.0809. The molecule has 9 heteroatoms. The van der Waals surface area contributed by atoms with Crippen LogP contribution in [0.5, 0.6) is 5.75 Å². The lowest BCUT2D eigenvalue weighted by Gasteiger charge is -2.17. The molecule has 0 bridgehead atoms. The highest BCUT2D eigenvalue weighted by Crippen LogP contribution is 2.23. The van der Waals surface area contributed by atoms with E-state index in [0.717, 1.165) is 0 Å². The van der Waals surface area contributed by atoms with Gasteiger partial charge in [0.2, 0.25) is 10.0 Å². The number of nitro groups is 1. The molecule has 0 saturated carbocycles. The minimum atomic E-state index is -3.56. The van der Waals surface area contributed by atoms with E-state index in [1.807, 2.05) is 0 Å². The molecule has 0 amide bonds. The molecule has 134 valence electrons. The summed E-state index contributed by atoms with van der Waals surface area (Å²) in [7, 11) is -2.11. The van der Waals surface area contributed by atoms with Gasteiger partial charge < -0.3 is 4.74 Å². The first-order chi connectivity index (χ1) is 11.8. The van der Waals surface area contributed by atoms with Crippen LogP contribution in [0.25, 0.3) is 0 Å². The fourth-order valence-corrected chi connectivity index (χ4v) is 3.40. The molecule has 0 aliphatic rings. The SMILES string of the molecule is CN(CCOc1ccccc1Cl)S(=O)(=O)Cc1ccc([N+](=O)[O-])cc1. The van der Waals surface area contributed by atoms with Gasteiger partial charge in [-0.1, -0.05) is 35.9 Å². The first-order valence-corrected chi connectivity index (χ1v) is 9.33. The molecule has 0 radical (unpaired) electrons. The number of rotatable bonds is 8. The summed E-state index contributed by atoms with van der Waals surface area (Å²) in [6.45, 7) is 0.306. The normalized spacial score (nSPS) is 11.5. The topological polar surface area (TPSA) is 89.8 Å². The predicted octanol–water partition coefficient (Wildman–Crippen LogP) is 3.09. The first kappa shape index (κ1) is 19.2. The number of hydrogen-bond acceptors (Lipinski definition) is 5. The van der Waals surface area contributed by atoms with Crippen molar-refractivity contribution in [2.45, 2.75) is 5.75 Å². The predicted molar refractivity (Wildman–Crippen MR) is 95.3 cm³/mol. The van der Waals surface area contributed by atoms with E-state index in [0.29, 0.717) is 16.3 Å². The van der Waals surface area contributed by atoms with E-state index >= 15 is 0 Å². The van der Waals surface area contributed by atoms with Crippen LogP contribution in [0.2, 0.25) is 5.02 Å². The van der Waals surface area contributed by atoms with Crippen LogP contribution in [0.3, 0.4) is 0 Å². The Morgan fingerprint density at radius 3 is 2.40 bits per heavy atom. The summed E-state index contributed by atoms with van der Waals surface area (Å²) in [5.74, 6) is 0.249. The van der Waals surface area contributed by atoms with Gasteiger partial charge in [-0.15, -0.1) is 0 Å². The number of ether oxygens (including phenoxy) is 1. The number of benzene rings is 2. The summed E-state index contributed by atoms with van der Waals surface area (Å²) in [4.78, 5) is 10.1. The van der Waals surface area contributed by atoms with Gasteiger partial charge >= 0.3 is 0 Å². The van der Waals surface area contributed by atoms with Crippen molar-refractivity contribution < 1.29 is 18.1 Å². The van der Waals surface area contributed by atoms with Gasteiger partial charge in [0.15, 0.2) is 0 Å². The van der Waals surface area contributed by atoms with E-state index in [-0.39, 0.29) is 24.6 Å². The minimum Gasteiger partial charge on any atom is -0.491 e. The lowest BCUT2D eigenvalue weighted by atomic mass is 10.2. The summed E-state index contributed by atoms with van der Waals surface area (Å²) >= 11 is 5.97. The summed E-state index contributed by atoms with van der Waals surface area (Å²) in [6.07, 6.45) is 0. The zero-order valence-corrected chi connectivity index (χ0v) is 15.0. The number of likely N-dealkylation sites (N-methyl/N-ethyl adjacent to an activating group) is 1. The molecule has 0 aromatic heterocycles. The van der Waals surface area contributed by atoms with E-state index in [1.54, 1.807) is 24.3 Å². The molecule has 0 spiro atoms. The highest BCUT2D eigenvalue weighted by Gasteiger charge is 2.19. The molecule has 2 aromatic rings. The highest BCUT2D eigenvalue weighted by molar-refractivity contribution is 7.88. The van der Waals surface area contributed by atoms with Crippen LogP contribution in [0.4, 0.5) is 5.69 Å². The molecular weight excluding hydrogens is 368 g/mol. The number of hydrogen-bond donors (Lipinski definition) is 0. The number of nitro benzene ring substituents is 1. The van der Waals surface area contributed by atoms with E-state index in [4.69, 9.17) is 16.3 Å². The molecule has 0 heterocycles. The molecule has 0 unspecified atom stereocenters. The van der Waals surface area contributed by atoms with Crippen LogP contribution in [-0.4, -0.2) is 37.8 Å². The Morgan fingerprint density at radius 2 is 1.80 bits per heavy atom. The summed E-state index contributed by atoms with van der Waals surface area (Å²) in [5, 5.41) is 11.1. The Kier molecular flexibility index (Phi) is 6.35. The van der Waals surface area contributed by atoms with Crippen LogP contribution in [0.15, 0.2) is 48.5 Å². The van der Waals surface area contributed by atoms with Gasteiger partial charge in [0.1, 0.15) is 12.4 Å². The number of halogens is 1. The number of sulfonamides is 1. The lowest BCUT2D eigenvalue weighted by Crippen LogP contribution is -2.32. The third-order valence-corrected chi connectivity index (χ3v) is 5.61.